The second-order valence-electron chi connectivity index (χ2n) is 9.22. The first-order chi connectivity index (χ1) is 18.7. The molecule has 202 valence electrons. The Hall–Kier alpha value is -4.93. The van der Waals surface area contributed by atoms with Gasteiger partial charge in [0.2, 0.25) is 5.91 Å². The number of phenols is 1. The van der Waals surface area contributed by atoms with Crippen LogP contribution in [-0.2, 0) is 11.2 Å². The molecule has 0 saturated carbocycles. The molecule has 2 heterocycles. The minimum atomic E-state index is -0.760. The van der Waals surface area contributed by atoms with Crippen molar-refractivity contribution in [3.63, 3.8) is 0 Å². The zero-order chi connectivity index (χ0) is 27.9. The molecule has 0 radical (unpaired) electrons. The quantitative estimate of drug-likeness (QED) is 0.131. The number of rotatable bonds is 11. The fourth-order valence-corrected chi connectivity index (χ4v) is 4.44. The zero-order valence-electron chi connectivity index (χ0n) is 21.7. The van der Waals surface area contributed by atoms with Gasteiger partial charge >= 0.3 is 0 Å². The number of aromatic nitrogens is 3. The van der Waals surface area contributed by atoms with Crippen molar-refractivity contribution < 1.29 is 14.7 Å². The number of likely N-dealkylation sites (N-methyl/N-ethyl adjacent to an activating group) is 1. The van der Waals surface area contributed by atoms with Crippen LogP contribution in [0, 0.1) is 0 Å². The third-order valence-corrected chi connectivity index (χ3v) is 6.39. The molecule has 0 fully saturated rings. The number of carbonyl (C=O) groups excluding carboxylic acids is 2. The lowest BCUT2D eigenvalue weighted by molar-refractivity contribution is -0.121. The third-order valence-electron chi connectivity index (χ3n) is 6.39. The van der Waals surface area contributed by atoms with Crippen LogP contribution in [0.2, 0.25) is 0 Å². The molecule has 0 saturated heterocycles. The molecule has 0 aliphatic heterocycles. The van der Waals surface area contributed by atoms with Crippen LogP contribution in [0.4, 0.5) is 0 Å². The highest BCUT2D eigenvalue weighted by atomic mass is 16.3. The van der Waals surface area contributed by atoms with E-state index >= 15 is 0 Å². The molecule has 39 heavy (non-hydrogen) atoms. The number of nitrogens with two attached hydrogens (primary N) is 3. The van der Waals surface area contributed by atoms with Crippen LogP contribution in [0.25, 0.3) is 22.4 Å². The summed E-state index contributed by atoms with van der Waals surface area (Å²) in [5.74, 6) is -0.235. The Balaban J connectivity index is 1.69. The smallest absolute Gasteiger partial charge is 0.253 e. The molecule has 11 heteroatoms. The van der Waals surface area contributed by atoms with Crippen LogP contribution in [0.5, 0.6) is 5.75 Å². The third kappa shape index (κ3) is 6.50. The van der Waals surface area contributed by atoms with Crippen LogP contribution in [0.15, 0.2) is 71.9 Å². The number of amides is 2. The Bertz CT molecular complexity index is 1500. The number of hydrogen-bond donors (Lipinski definition) is 4. The number of imidazole rings is 1. The summed E-state index contributed by atoms with van der Waals surface area (Å²) in [6.07, 6.45) is 3.22. The highest BCUT2D eigenvalue weighted by Gasteiger charge is 2.25. The average molecular weight is 529 g/mol. The molecule has 0 spiro atoms. The van der Waals surface area contributed by atoms with Gasteiger partial charge in [0.15, 0.2) is 5.96 Å². The molecule has 7 N–H and O–H groups in total. The number of fused-ring (bicyclic) bond motifs is 1. The molecule has 4 rings (SSSR count). The maximum absolute atomic E-state index is 13.2. The minimum absolute atomic E-state index is 0.0265. The van der Waals surface area contributed by atoms with Gasteiger partial charge in [0.1, 0.15) is 17.6 Å². The van der Waals surface area contributed by atoms with Crippen LogP contribution < -0.4 is 17.2 Å². The molecule has 0 bridgehead atoms. The highest BCUT2D eigenvalue weighted by molar-refractivity contribution is 5.98. The van der Waals surface area contributed by atoms with E-state index in [1.165, 1.54) is 0 Å². The van der Waals surface area contributed by atoms with Gasteiger partial charge in [-0.05, 0) is 55.3 Å². The van der Waals surface area contributed by atoms with E-state index in [0.717, 1.165) is 5.69 Å². The number of aromatic hydroxyl groups is 1. The summed E-state index contributed by atoms with van der Waals surface area (Å²) in [4.78, 5) is 40.6. The number of phenolic OH excluding ortho intramolecular Hbond substituents is 1. The average Bonchev–Trinajstić information content (AvgIpc) is 3.30. The SMILES string of the molecule is CN(CCc1ccccn1)C(=O)c1ccc2c(c1)nc(-c1cccc(O)c1)n2C(CCCN=C(N)N)C(N)=O. The van der Waals surface area contributed by atoms with Gasteiger partial charge in [-0.2, -0.15) is 0 Å². The number of nitrogens with zero attached hydrogens (tertiary/aromatic N) is 5. The molecule has 1 atom stereocenters. The highest BCUT2D eigenvalue weighted by Crippen LogP contribution is 2.32. The Morgan fingerprint density at radius 3 is 2.59 bits per heavy atom. The lowest BCUT2D eigenvalue weighted by Gasteiger charge is -2.19. The summed E-state index contributed by atoms with van der Waals surface area (Å²) in [5.41, 5.74) is 19.8. The first kappa shape index (κ1) is 27.1. The Labute approximate surface area is 226 Å². The van der Waals surface area contributed by atoms with Crippen molar-refractivity contribution in [2.75, 3.05) is 20.1 Å². The van der Waals surface area contributed by atoms with Gasteiger partial charge in [-0.25, -0.2) is 4.98 Å². The lowest BCUT2D eigenvalue weighted by atomic mass is 10.1. The standard InChI is InChI=1S/C28H32N8O3/c1-35(15-12-20-7-2-3-13-32-20)27(39)19-10-11-23-22(17-19)34-26(18-6-4-8-21(37)16-18)36(23)24(25(29)38)9-5-14-33-28(30)31/h2-4,6-8,10-11,13,16-17,24,37H,5,9,12,14-15H2,1H3,(H2,29,38)(H4,30,31,33). The molecule has 2 aromatic carbocycles. The molecule has 0 aliphatic rings. The molecular formula is C28H32N8O3. The number of pyridine rings is 1. The Morgan fingerprint density at radius 1 is 1.08 bits per heavy atom. The molecule has 2 aromatic heterocycles. The van der Waals surface area contributed by atoms with Gasteiger partial charge in [0.25, 0.3) is 5.91 Å². The number of carbonyl (C=O) groups is 2. The summed E-state index contributed by atoms with van der Waals surface area (Å²) in [7, 11) is 1.74. The fourth-order valence-electron chi connectivity index (χ4n) is 4.44. The minimum Gasteiger partial charge on any atom is -0.508 e. The summed E-state index contributed by atoms with van der Waals surface area (Å²) in [5, 5.41) is 10.1. The first-order valence-electron chi connectivity index (χ1n) is 12.6. The number of hydrogen-bond acceptors (Lipinski definition) is 6. The molecule has 0 aliphatic carbocycles. The molecule has 11 nitrogen and oxygen atoms in total. The van der Waals surface area contributed by atoms with Crippen LogP contribution in [-0.4, -0.2) is 62.5 Å². The monoisotopic (exact) mass is 528 g/mol. The summed E-state index contributed by atoms with van der Waals surface area (Å²) >= 11 is 0. The fraction of sp³-hybridized carbons (Fsp3) is 0.250. The van der Waals surface area contributed by atoms with E-state index < -0.39 is 11.9 Å². The van der Waals surface area contributed by atoms with Gasteiger partial charge in [-0.1, -0.05) is 18.2 Å². The number of benzene rings is 2. The predicted octanol–water partition coefficient (Wildman–Crippen LogP) is 2.20. The molecule has 1 unspecified atom stereocenters. The van der Waals surface area contributed by atoms with Gasteiger partial charge < -0.3 is 31.8 Å². The van der Waals surface area contributed by atoms with Crippen molar-refractivity contribution in [2.45, 2.75) is 25.3 Å². The van der Waals surface area contributed by atoms with E-state index in [1.807, 2.05) is 18.2 Å². The van der Waals surface area contributed by atoms with E-state index in [2.05, 4.69) is 9.98 Å². The van der Waals surface area contributed by atoms with Gasteiger partial charge in [-0.15, -0.1) is 0 Å². The van der Waals surface area contributed by atoms with Crippen molar-refractivity contribution in [3.8, 4) is 17.1 Å². The first-order valence-corrected chi connectivity index (χ1v) is 12.6. The van der Waals surface area contributed by atoms with Crippen LogP contribution in [0.1, 0.15) is 34.9 Å². The Kier molecular flexibility index (Phi) is 8.40. The van der Waals surface area contributed by atoms with E-state index in [1.54, 1.807) is 65.2 Å². The summed E-state index contributed by atoms with van der Waals surface area (Å²) < 4.78 is 1.75. The van der Waals surface area contributed by atoms with Crippen molar-refractivity contribution in [2.24, 2.45) is 22.2 Å². The van der Waals surface area contributed by atoms with Crippen molar-refractivity contribution >= 4 is 28.8 Å². The van der Waals surface area contributed by atoms with E-state index in [9.17, 15) is 14.7 Å². The van der Waals surface area contributed by atoms with Gasteiger partial charge in [-0.3, -0.25) is 19.6 Å². The topological polar surface area (TPSA) is 179 Å². The summed E-state index contributed by atoms with van der Waals surface area (Å²) in [6.45, 7) is 0.833. The molecule has 2 amide bonds. The Morgan fingerprint density at radius 2 is 1.90 bits per heavy atom. The summed E-state index contributed by atoms with van der Waals surface area (Å²) in [6, 6.07) is 16.7. The van der Waals surface area contributed by atoms with Crippen molar-refractivity contribution in [3.05, 3.63) is 78.1 Å². The zero-order valence-corrected chi connectivity index (χ0v) is 21.7. The van der Waals surface area contributed by atoms with E-state index in [0.29, 0.717) is 60.3 Å². The van der Waals surface area contributed by atoms with E-state index in [4.69, 9.17) is 22.2 Å². The van der Waals surface area contributed by atoms with Gasteiger partial charge in [0.05, 0.1) is 11.0 Å². The predicted molar refractivity (Wildman–Crippen MR) is 150 cm³/mol. The van der Waals surface area contributed by atoms with Crippen molar-refractivity contribution in [1.82, 2.24) is 19.4 Å². The molecule has 4 aromatic rings. The number of primary amides is 1. The maximum Gasteiger partial charge on any atom is 0.253 e. The normalized spacial score (nSPS) is 11.7. The maximum atomic E-state index is 13.2. The second-order valence-corrected chi connectivity index (χ2v) is 9.22. The lowest BCUT2D eigenvalue weighted by Crippen LogP contribution is -2.29. The largest absolute Gasteiger partial charge is 0.508 e. The second kappa shape index (κ2) is 12.1. The van der Waals surface area contributed by atoms with Crippen LogP contribution in [0.3, 0.4) is 0 Å². The van der Waals surface area contributed by atoms with Crippen molar-refractivity contribution in [1.29, 1.82) is 0 Å². The molecular weight excluding hydrogens is 496 g/mol. The number of aliphatic imine (C=N–C) groups is 1. The van der Waals surface area contributed by atoms with E-state index in [-0.39, 0.29) is 17.6 Å². The number of guanidine groups is 1. The van der Waals surface area contributed by atoms with Gasteiger partial charge in [0, 0.05) is 49.6 Å². The van der Waals surface area contributed by atoms with Crippen LogP contribution >= 0.6 is 0 Å².